The number of allylic oxidation sites excluding steroid dienone is 4. The van der Waals surface area contributed by atoms with Gasteiger partial charge in [0.25, 0.3) is 0 Å². The Balaban J connectivity index is 1.80. The molecule has 0 aliphatic heterocycles. The van der Waals surface area contributed by atoms with Gasteiger partial charge in [0.05, 0.1) is 13.0 Å². The van der Waals surface area contributed by atoms with Crippen LogP contribution in [0.25, 0.3) is 0 Å². The van der Waals surface area contributed by atoms with Crippen molar-refractivity contribution in [1.82, 2.24) is 0 Å². The molecule has 6 nitrogen and oxygen atoms in total. The van der Waals surface area contributed by atoms with Crippen molar-refractivity contribution in [2.75, 3.05) is 6.61 Å². The minimum absolute atomic E-state index is 0.0386. The zero-order valence-electron chi connectivity index (χ0n) is 18.6. The molecule has 8 heteroatoms. The SMILES string of the molecule is C[C@@H]1C[C@H]2[C@@H]3C[C@H](F)C4=CC(=O)C=C[C@]4(C)[C@@]3(F)CC[C@]2(C)[C@@]1(OC(=O)CCO)C(=O)O. The molecule has 0 spiro atoms. The molecule has 0 aromatic rings. The standard InChI is InChI=1S/C24H30F2O6/c1-13-10-15-16-12-18(25)17-11-14(28)4-6-21(17,2)23(16,26)8-7-22(15,3)24(13,20(30)31)32-19(29)5-9-27/h4,6,11,13,15-16,18,27H,5,7-10,12H2,1-3H3,(H,30,31)/t13-,15+,16+,18+,21+,22+,23-,24+/m1/s1. The van der Waals surface area contributed by atoms with Crippen molar-refractivity contribution in [2.45, 2.75) is 70.3 Å². The van der Waals surface area contributed by atoms with E-state index in [1.54, 1.807) is 20.8 Å². The Kier molecular flexibility index (Phi) is 5.20. The smallest absolute Gasteiger partial charge is 0.349 e. The third-order valence-electron chi connectivity index (χ3n) is 9.10. The van der Waals surface area contributed by atoms with Gasteiger partial charge >= 0.3 is 11.9 Å². The first-order valence-electron chi connectivity index (χ1n) is 11.2. The lowest BCUT2D eigenvalue weighted by atomic mass is 9.45. The number of ether oxygens (including phenoxy) is 1. The van der Waals surface area contributed by atoms with Crippen molar-refractivity contribution in [2.24, 2.45) is 28.6 Å². The molecule has 8 atom stereocenters. The van der Waals surface area contributed by atoms with E-state index < -0.39 is 64.6 Å². The summed E-state index contributed by atoms with van der Waals surface area (Å²) in [6.07, 6.45) is 2.32. The summed E-state index contributed by atoms with van der Waals surface area (Å²) in [6, 6.07) is 0. The predicted octanol–water partition coefficient (Wildman–Crippen LogP) is 3.33. The van der Waals surface area contributed by atoms with Crippen LogP contribution < -0.4 is 0 Å². The molecule has 0 radical (unpaired) electrons. The fourth-order valence-electron chi connectivity index (χ4n) is 7.44. The van der Waals surface area contributed by atoms with Crippen LogP contribution in [-0.4, -0.2) is 52.0 Å². The second kappa shape index (κ2) is 7.20. The van der Waals surface area contributed by atoms with Crippen LogP contribution in [0.15, 0.2) is 23.8 Å². The van der Waals surface area contributed by atoms with Gasteiger partial charge in [0.1, 0.15) is 11.8 Å². The number of alkyl halides is 2. The van der Waals surface area contributed by atoms with Gasteiger partial charge < -0.3 is 14.9 Å². The maximum atomic E-state index is 17.0. The Morgan fingerprint density at radius 3 is 2.53 bits per heavy atom. The van der Waals surface area contributed by atoms with E-state index in [9.17, 15) is 19.5 Å². The van der Waals surface area contributed by atoms with Crippen molar-refractivity contribution in [3.63, 3.8) is 0 Å². The summed E-state index contributed by atoms with van der Waals surface area (Å²) in [5.41, 5.74) is -5.99. The van der Waals surface area contributed by atoms with Gasteiger partial charge in [-0.25, -0.2) is 13.6 Å². The van der Waals surface area contributed by atoms with Gasteiger partial charge in [-0.15, -0.1) is 0 Å². The van der Waals surface area contributed by atoms with E-state index in [0.717, 1.165) is 0 Å². The first kappa shape index (κ1) is 23.1. The van der Waals surface area contributed by atoms with Gasteiger partial charge in [-0.05, 0) is 56.3 Å². The van der Waals surface area contributed by atoms with Crippen molar-refractivity contribution in [3.05, 3.63) is 23.8 Å². The number of halogens is 2. The number of carboxylic acids is 1. The van der Waals surface area contributed by atoms with Crippen molar-refractivity contribution in [3.8, 4) is 0 Å². The summed E-state index contributed by atoms with van der Waals surface area (Å²) in [4.78, 5) is 36.8. The Labute approximate surface area is 185 Å². The number of rotatable bonds is 4. The Hall–Kier alpha value is -2.09. The second-order valence-corrected chi connectivity index (χ2v) is 10.4. The number of ketones is 1. The quantitative estimate of drug-likeness (QED) is 0.635. The molecular weight excluding hydrogens is 422 g/mol. The van der Waals surface area contributed by atoms with E-state index in [1.165, 1.54) is 18.2 Å². The number of fused-ring (bicyclic) bond motifs is 5. The minimum Gasteiger partial charge on any atom is -0.478 e. The van der Waals surface area contributed by atoms with Crippen LogP contribution >= 0.6 is 0 Å². The van der Waals surface area contributed by atoms with Crippen LogP contribution in [0.1, 0.15) is 52.9 Å². The van der Waals surface area contributed by atoms with Gasteiger partial charge in [-0.3, -0.25) is 9.59 Å². The van der Waals surface area contributed by atoms with E-state index in [2.05, 4.69) is 0 Å². The summed E-state index contributed by atoms with van der Waals surface area (Å²) in [5, 5.41) is 19.4. The number of aliphatic hydroxyl groups is 1. The number of carbonyl (C=O) groups excluding carboxylic acids is 2. The molecule has 4 aliphatic carbocycles. The molecule has 3 fully saturated rings. The van der Waals surface area contributed by atoms with Crippen LogP contribution in [0.2, 0.25) is 0 Å². The van der Waals surface area contributed by atoms with Crippen molar-refractivity contribution < 1.29 is 38.1 Å². The van der Waals surface area contributed by atoms with Crippen LogP contribution in [0.4, 0.5) is 8.78 Å². The van der Waals surface area contributed by atoms with Gasteiger partial charge in [0.2, 0.25) is 5.60 Å². The number of hydrogen-bond donors (Lipinski definition) is 2. The highest BCUT2D eigenvalue weighted by Gasteiger charge is 2.76. The largest absolute Gasteiger partial charge is 0.478 e. The molecule has 4 aliphatic rings. The van der Waals surface area contributed by atoms with Crippen LogP contribution in [0.3, 0.4) is 0 Å². The first-order chi connectivity index (χ1) is 14.9. The molecule has 0 bridgehead atoms. The fraction of sp³-hybridized carbons (Fsp3) is 0.708. The van der Waals surface area contributed by atoms with E-state index in [0.29, 0.717) is 0 Å². The molecule has 3 saturated carbocycles. The lowest BCUT2D eigenvalue weighted by Crippen LogP contribution is -2.66. The number of esters is 1. The first-order valence-corrected chi connectivity index (χ1v) is 11.2. The number of carboxylic acid groups (broad SMARTS) is 1. The van der Waals surface area contributed by atoms with Crippen molar-refractivity contribution in [1.29, 1.82) is 0 Å². The summed E-state index contributed by atoms with van der Waals surface area (Å²) in [6.45, 7) is 4.53. The summed E-state index contributed by atoms with van der Waals surface area (Å²) in [7, 11) is 0. The van der Waals surface area contributed by atoms with Crippen molar-refractivity contribution >= 4 is 17.7 Å². The third kappa shape index (κ3) is 2.68. The molecule has 2 N–H and O–H groups in total. The monoisotopic (exact) mass is 452 g/mol. The zero-order chi connectivity index (χ0) is 23.7. The summed E-state index contributed by atoms with van der Waals surface area (Å²) >= 11 is 0. The van der Waals surface area contributed by atoms with E-state index in [1.807, 2.05) is 0 Å². The summed E-state index contributed by atoms with van der Waals surface area (Å²) in [5.74, 6) is -4.42. The topological polar surface area (TPSA) is 101 Å². The van der Waals surface area contributed by atoms with Crippen LogP contribution in [-0.2, 0) is 19.1 Å². The molecule has 0 aromatic heterocycles. The normalized spacial score (nSPS) is 47.2. The van der Waals surface area contributed by atoms with Gasteiger partial charge in [-0.1, -0.05) is 19.9 Å². The highest BCUT2D eigenvalue weighted by atomic mass is 19.1. The molecular formula is C24H30F2O6. The maximum Gasteiger partial charge on any atom is 0.349 e. The van der Waals surface area contributed by atoms with E-state index >= 15 is 8.78 Å². The third-order valence-corrected chi connectivity index (χ3v) is 9.10. The highest BCUT2D eigenvalue weighted by molar-refractivity contribution is 6.01. The Bertz CT molecular complexity index is 929. The van der Waals surface area contributed by atoms with Gasteiger partial charge in [0, 0.05) is 22.7 Å². The average molecular weight is 452 g/mol. The maximum absolute atomic E-state index is 17.0. The molecule has 0 unspecified atom stereocenters. The van der Waals surface area contributed by atoms with Crippen LogP contribution in [0, 0.1) is 28.6 Å². The van der Waals surface area contributed by atoms with E-state index in [4.69, 9.17) is 9.84 Å². The van der Waals surface area contributed by atoms with Gasteiger partial charge in [0.15, 0.2) is 5.78 Å². The number of hydrogen-bond acceptors (Lipinski definition) is 5. The molecule has 0 amide bonds. The molecule has 0 heterocycles. The number of aliphatic carboxylic acids is 1. The van der Waals surface area contributed by atoms with Crippen LogP contribution in [0.5, 0.6) is 0 Å². The molecule has 32 heavy (non-hydrogen) atoms. The van der Waals surface area contributed by atoms with E-state index in [-0.39, 0.29) is 43.5 Å². The highest BCUT2D eigenvalue weighted by Crippen LogP contribution is 2.71. The minimum atomic E-state index is -1.88. The molecule has 176 valence electrons. The average Bonchev–Trinajstić information content (AvgIpc) is 2.94. The van der Waals surface area contributed by atoms with Gasteiger partial charge in [-0.2, -0.15) is 0 Å². The second-order valence-electron chi connectivity index (χ2n) is 10.4. The molecule has 0 saturated heterocycles. The zero-order valence-corrected chi connectivity index (χ0v) is 18.6. The lowest BCUT2D eigenvalue weighted by molar-refractivity contribution is -0.215. The molecule has 4 rings (SSSR count). The predicted molar refractivity (Wildman–Crippen MR) is 110 cm³/mol. The molecule has 0 aromatic carbocycles. The Morgan fingerprint density at radius 2 is 1.91 bits per heavy atom. The lowest BCUT2D eigenvalue weighted by Gasteiger charge is -2.61. The summed E-state index contributed by atoms with van der Waals surface area (Å²) < 4.78 is 37.9. The Morgan fingerprint density at radius 1 is 1.22 bits per heavy atom. The fourth-order valence-corrected chi connectivity index (χ4v) is 7.44. The number of carbonyl (C=O) groups is 3. The number of aliphatic hydroxyl groups excluding tert-OH is 1.